The summed E-state index contributed by atoms with van der Waals surface area (Å²) in [6.07, 6.45) is 1.93. The van der Waals surface area contributed by atoms with Crippen LogP contribution in [0.2, 0.25) is 0 Å². The molecule has 2 rings (SSSR count). The molecule has 1 aliphatic rings. The molecule has 1 aromatic rings. The number of hydrogen-bond acceptors (Lipinski definition) is 2. The molecule has 2 heteroatoms. The lowest BCUT2D eigenvalue weighted by Crippen LogP contribution is -2.11. The highest BCUT2D eigenvalue weighted by Crippen LogP contribution is 2.12. The summed E-state index contributed by atoms with van der Waals surface area (Å²) < 4.78 is 10.8. The van der Waals surface area contributed by atoms with Gasteiger partial charge in [-0.2, -0.15) is 0 Å². The summed E-state index contributed by atoms with van der Waals surface area (Å²) in [7, 11) is 0. The Bertz CT molecular complexity index is 273. The van der Waals surface area contributed by atoms with Gasteiger partial charge in [0.15, 0.2) is 6.29 Å². The summed E-state index contributed by atoms with van der Waals surface area (Å²) in [4.78, 5) is 0. The highest BCUT2D eigenvalue weighted by Gasteiger charge is 2.15. The molecule has 0 atom stereocenters. The minimum absolute atomic E-state index is 0.0255. The molecule has 0 spiro atoms. The largest absolute Gasteiger partial charge is 0.350 e. The first kappa shape index (κ1) is 9.69. The Morgan fingerprint density at radius 2 is 1.64 bits per heavy atom. The quantitative estimate of drug-likeness (QED) is 0.730. The Morgan fingerprint density at radius 3 is 2.21 bits per heavy atom. The van der Waals surface area contributed by atoms with Crippen molar-refractivity contribution in [3.63, 3.8) is 0 Å². The van der Waals surface area contributed by atoms with Crippen molar-refractivity contribution >= 4 is 0 Å². The van der Waals surface area contributed by atoms with E-state index in [-0.39, 0.29) is 6.29 Å². The maximum Gasteiger partial charge on any atom is 0.161 e. The maximum atomic E-state index is 5.39. The molecule has 0 radical (unpaired) electrons. The van der Waals surface area contributed by atoms with Gasteiger partial charge < -0.3 is 9.47 Å². The minimum Gasteiger partial charge on any atom is -0.350 e. The Balaban J connectivity index is 1.95. The summed E-state index contributed by atoms with van der Waals surface area (Å²) in [6.45, 7) is 3.63. The van der Waals surface area contributed by atoms with Crippen LogP contribution in [0, 0.1) is 0 Å². The molecule has 1 aliphatic heterocycles. The molecule has 0 unspecified atom stereocenters. The van der Waals surface area contributed by atoms with Crippen LogP contribution < -0.4 is 0 Å². The molecular weight excluding hydrogens is 176 g/mol. The topological polar surface area (TPSA) is 18.5 Å². The van der Waals surface area contributed by atoms with Gasteiger partial charge in [-0.05, 0) is 17.5 Å². The van der Waals surface area contributed by atoms with Gasteiger partial charge in [0, 0.05) is 6.42 Å². The normalized spacial score (nSPS) is 17.5. The zero-order chi connectivity index (χ0) is 9.80. The highest BCUT2D eigenvalue weighted by molar-refractivity contribution is 5.22. The third kappa shape index (κ3) is 2.34. The number of ether oxygens (including phenoxy) is 2. The second kappa shape index (κ2) is 4.58. The molecule has 0 aliphatic carbocycles. The van der Waals surface area contributed by atoms with Crippen LogP contribution in [0.1, 0.15) is 18.1 Å². The van der Waals surface area contributed by atoms with Crippen LogP contribution in [0.4, 0.5) is 0 Å². The Hall–Kier alpha value is -0.860. The number of hydrogen-bond donors (Lipinski definition) is 0. The lowest BCUT2D eigenvalue weighted by atomic mass is 10.1. The van der Waals surface area contributed by atoms with Crippen LogP contribution in [-0.4, -0.2) is 19.5 Å². The fourth-order valence-corrected chi connectivity index (χ4v) is 1.63. The lowest BCUT2D eigenvalue weighted by molar-refractivity contribution is -0.0399. The number of rotatable bonds is 3. The van der Waals surface area contributed by atoms with Crippen molar-refractivity contribution in [2.75, 3.05) is 13.2 Å². The Labute approximate surface area is 84.8 Å². The van der Waals surface area contributed by atoms with Gasteiger partial charge in [0.05, 0.1) is 13.2 Å². The standard InChI is InChI=1S/C12H16O2/c1-2-10-3-5-11(6-4-10)9-12-13-7-8-14-12/h3-6,12H,2,7-9H2,1H3. The van der Waals surface area contributed by atoms with Crippen molar-refractivity contribution < 1.29 is 9.47 Å². The van der Waals surface area contributed by atoms with Crippen LogP contribution in [0.3, 0.4) is 0 Å². The molecule has 0 amide bonds. The van der Waals surface area contributed by atoms with Gasteiger partial charge in [-0.3, -0.25) is 0 Å². The van der Waals surface area contributed by atoms with E-state index in [2.05, 4.69) is 31.2 Å². The summed E-state index contributed by atoms with van der Waals surface area (Å²) in [5.74, 6) is 0. The molecule has 14 heavy (non-hydrogen) atoms. The van der Waals surface area contributed by atoms with Gasteiger partial charge in [-0.1, -0.05) is 31.2 Å². The van der Waals surface area contributed by atoms with E-state index in [1.165, 1.54) is 11.1 Å². The minimum atomic E-state index is -0.0255. The second-order valence-electron chi connectivity index (χ2n) is 3.55. The summed E-state index contributed by atoms with van der Waals surface area (Å²) in [5, 5.41) is 0. The van der Waals surface area contributed by atoms with Gasteiger partial charge in [-0.25, -0.2) is 0 Å². The van der Waals surface area contributed by atoms with Crippen molar-refractivity contribution in [1.29, 1.82) is 0 Å². The molecule has 0 saturated carbocycles. The van der Waals surface area contributed by atoms with Gasteiger partial charge in [0.25, 0.3) is 0 Å². The molecule has 1 fully saturated rings. The molecule has 0 N–H and O–H groups in total. The Kier molecular flexibility index (Phi) is 3.17. The van der Waals surface area contributed by atoms with Gasteiger partial charge in [0.2, 0.25) is 0 Å². The summed E-state index contributed by atoms with van der Waals surface area (Å²) in [5.41, 5.74) is 2.66. The molecule has 0 bridgehead atoms. The molecule has 1 saturated heterocycles. The van der Waals surface area contributed by atoms with Crippen molar-refractivity contribution in [2.45, 2.75) is 26.1 Å². The van der Waals surface area contributed by atoms with Crippen LogP contribution in [0.15, 0.2) is 24.3 Å². The van der Waals surface area contributed by atoms with Crippen molar-refractivity contribution in [3.8, 4) is 0 Å². The fourth-order valence-electron chi connectivity index (χ4n) is 1.63. The smallest absolute Gasteiger partial charge is 0.161 e. The lowest BCUT2D eigenvalue weighted by Gasteiger charge is -2.08. The van der Waals surface area contributed by atoms with E-state index in [1.54, 1.807) is 0 Å². The predicted molar refractivity (Wildman–Crippen MR) is 55.2 cm³/mol. The number of aryl methyl sites for hydroxylation is 1. The van der Waals surface area contributed by atoms with E-state index in [0.29, 0.717) is 0 Å². The molecule has 2 nitrogen and oxygen atoms in total. The third-order valence-corrected chi connectivity index (χ3v) is 2.52. The first-order chi connectivity index (χ1) is 6.88. The van der Waals surface area contributed by atoms with Crippen molar-refractivity contribution in [1.82, 2.24) is 0 Å². The van der Waals surface area contributed by atoms with Crippen molar-refractivity contribution in [2.24, 2.45) is 0 Å². The van der Waals surface area contributed by atoms with Gasteiger partial charge >= 0.3 is 0 Å². The molecule has 0 aromatic heterocycles. The van der Waals surface area contributed by atoms with Crippen molar-refractivity contribution in [3.05, 3.63) is 35.4 Å². The van der Waals surface area contributed by atoms with Crippen LogP contribution in [0.25, 0.3) is 0 Å². The average molecular weight is 192 g/mol. The van der Waals surface area contributed by atoms with Crippen LogP contribution in [-0.2, 0) is 22.3 Å². The van der Waals surface area contributed by atoms with Crippen LogP contribution >= 0.6 is 0 Å². The average Bonchev–Trinajstić information content (AvgIpc) is 2.72. The highest BCUT2D eigenvalue weighted by atomic mass is 16.7. The van der Waals surface area contributed by atoms with E-state index in [1.807, 2.05) is 0 Å². The monoisotopic (exact) mass is 192 g/mol. The molecule has 1 aromatic carbocycles. The SMILES string of the molecule is CCc1ccc(CC2OCCO2)cc1. The van der Waals surface area contributed by atoms with Gasteiger partial charge in [0.1, 0.15) is 0 Å². The zero-order valence-corrected chi connectivity index (χ0v) is 8.53. The van der Waals surface area contributed by atoms with E-state index in [0.717, 1.165) is 26.1 Å². The zero-order valence-electron chi connectivity index (χ0n) is 8.53. The predicted octanol–water partition coefficient (Wildman–Crippen LogP) is 2.16. The van der Waals surface area contributed by atoms with E-state index >= 15 is 0 Å². The first-order valence-corrected chi connectivity index (χ1v) is 5.19. The van der Waals surface area contributed by atoms with Gasteiger partial charge in [-0.15, -0.1) is 0 Å². The van der Waals surface area contributed by atoms with E-state index in [9.17, 15) is 0 Å². The molecule has 76 valence electrons. The first-order valence-electron chi connectivity index (χ1n) is 5.19. The summed E-state index contributed by atoms with van der Waals surface area (Å²) in [6, 6.07) is 8.66. The third-order valence-electron chi connectivity index (χ3n) is 2.52. The van der Waals surface area contributed by atoms with E-state index in [4.69, 9.17) is 9.47 Å². The summed E-state index contributed by atoms with van der Waals surface area (Å²) >= 11 is 0. The Morgan fingerprint density at radius 1 is 1.07 bits per heavy atom. The maximum absolute atomic E-state index is 5.39. The van der Waals surface area contributed by atoms with Crippen LogP contribution in [0.5, 0.6) is 0 Å². The fraction of sp³-hybridized carbons (Fsp3) is 0.500. The van der Waals surface area contributed by atoms with E-state index < -0.39 is 0 Å². The number of benzene rings is 1. The second-order valence-corrected chi connectivity index (χ2v) is 3.55. The molecular formula is C12H16O2. The molecule has 1 heterocycles.